The predicted molar refractivity (Wildman–Crippen MR) is 56.6 cm³/mol. The fourth-order valence-corrected chi connectivity index (χ4v) is 1.36. The van der Waals surface area contributed by atoms with E-state index in [9.17, 15) is 10.1 Å². The SMILES string of the molecule is Cc1c(CNCCO)cccc1[N+](=O)[O-]. The average molecular weight is 210 g/mol. The molecule has 0 amide bonds. The summed E-state index contributed by atoms with van der Waals surface area (Å²) < 4.78 is 0. The first-order valence-electron chi connectivity index (χ1n) is 4.71. The van der Waals surface area contributed by atoms with Crippen LogP contribution in [0.5, 0.6) is 0 Å². The molecule has 0 atom stereocenters. The fraction of sp³-hybridized carbons (Fsp3) is 0.400. The Bertz CT molecular complexity index is 353. The van der Waals surface area contributed by atoms with E-state index in [0.29, 0.717) is 18.7 Å². The van der Waals surface area contributed by atoms with E-state index < -0.39 is 0 Å². The minimum atomic E-state index is -0.384. The van der Waals surface area contributed by atoms with Crippen molar-refractivity contribution in [3.05, 3.63) is 39.4 Å². The molecule has 0 saturated carbocycles. The Labute approximate surface area is 87.9 Å². The summed E-state index contributed by atoms with van der Waals surface area (Å²) in [6.07, 6.45) is 0. The molecule has 0 spiro atoms. The molecule has 0 bridgehead atoms. The largest absolute Gasteiger partial charge is 0.395 e. The van der Waals surface area contributed by atoms with Gasteiger partial charge >= 0.3 is 0 Å². The molecule has 5 nitrogen and oxygen atoms in total. The van der Waals surface area contributed by atoms with Crippen LogP contribution in [0.4, 0.5) is 5.69 Å². The van der Waals surface area contributed by atoms with Crippen molar-refractivity contribution >= 4 is 5.69 Å². The monoisotopic (exact) mass is 210 g/mol. The number of aliphatic hydroxyl groups excluding tert-OH is 1. The Hall–Kier alpha value is -1.46. The molecule has 0 heterocycles. The highest BCUT2D eigenvalue weighted by atomic mass is 16.6. The number of rotatable bonds is 5. The van der Waals surface area contributed by atoms with Gasteiger partial charge < -0.3 is 10.4 Å². The molecule has 1 rings (SSSR count). The molecule has 0 aromatic heterocycles. The second-order valence-electron chi connectivity index (χ2n) is 3.22. The molecule has 0 saturated heterocycles. The van der Waals surface area contributed by atoms with Crippen LogP contribution in [-0.2, 0) is 6.54 Å². The Kier molecular flexibility index (Phi) is 4.20. The lowest BCUT2D eigenvalue weighted by molar-refractivity contribution is -0.385. The van der Waals surface area contributed by atoms with Crippen LogP contribution in [0.25, 0.3) is 0 Å². The maximum Gasteiger partial charge on any atom is 0.272 e. The van der Waals surface area contributed by atoms with Crippen LogP contribution in [0.15, 0.2) is 18.2 Å². The summed E-state index contributed by atoms with van der Waals surface area (Å²) in [5, 5.41) is 22.2. The molecular formula is C10H14N2O3. The van der Waals surface area contributed by atoms with Crippen LogP contribution in [0.2, 0.25) is 0 Å². The van der Waals surface area contributed by atoms with Crippen LogP contribution >= 0.6 is 0 Å². The molecule has 5 heteroatoms. The van der Waals surface area contributed by atoms with Gasteiger partial charge in [-0.25, -0.2) is 0 Å². The summed E-state index contributed by atoms with van der Waals surface area (Å²) in [6, 6.07) is 5.00. The summed E-state index contributed by atoms with van der Waals surface area (Å²) in [5.41, 5.74) is 1.70. The lowest BCUT2D eigenvalue weighted by Crippen LogP contribution is -2.18. The molecule has 82 valence electrons. The number of aliphatic hydroxyl groups is 1. The standard InChI is InChI=1S/C10H14N2O3/c1-8-9(7-11-5-6-13)3-2-4-10(8)12(14)15/h2-4,11,13H,5-7H2,1H3. The van der Waals surface area contributed by atoms with Crippen molar-refractivity contribution in [1.29, 1.82) is 0 Å². The minimum Gasteiger partial charge on any atom is -0.395 e. The van der Waals surface area contributed by atoms with Gasteiger partial charge in [-0.1, -0.05) is 12.1 Å². The van der Waals surface area contributed by atoms with Crippen LogP contribution < -0.4 is 5.32 Å². The molecule has 2 N–H and O–H groups in total. The summed E-state index contributed by atoms with van der Waals surface area (Å²) >= 11 is 0. The van der Waals surface area contributed by atoms with Gasteiger partial charge in [-0.3, -0.25) is 10.1 Å². The first kappa shape index (κ1) is 11.6. The van der Waals surface area contributed by atoms with Gasteiger partial charge in [0.1, 0.15) is 0 Å². The maximum atomic E-state index is 10.6. The molecule has 15 heavy (non-hydrogen) atoms. The van der Waals surface area contributed by atoms with E-state index in [-0.39, 0.29) is 17.2 Å². The first-order chi connectivity index (χ1) is 7.16. The van der Waals surface area contributed by atoms with E-state index in [1.807, 2.05) is 6.07 Å². The fourth-order valence-electron chi connectivity index (χ4n) is 1.36. The van der Waals surface area contributed by atoms with E-state index in [0.717, 1.165) is 5.56 Å². The highest BCUT2D eigenvalue weighted by Crippen LogP contribution is 2.20. The van der Waals surface area contributed by atoms with Crippen LogP contribution in [0, 0.1) is 17.0 Å². The number of nitro groups is 1. The molecule has 0 aliphatic carbocycles. The number of nitro benzene ring substituents is 1. The van der Waals surface area contributed by atoms with E-state index in [4.69, 9.17) is 5.11 Å². The second-order valence-corrected chi connectivity index (χ2v) is 3.22. The summed E-state index contributed by atoms with van der Waals surface area (Å²) in [4.78, 5) is 10.3. The van der Waals surface area contributed by atoms with Crippen molar-refractivity contribution < 1.29 is 10.0 Å². The van der Waals surface area contributed by atoms with Gasteiger partial charge in [0.15, 0.2) is 0 Å². The second kappa shape index (κ2) is 5.43. The lowest BCUT2D eigenvalue weighted by atomic mass is 10.1. The van der Waals surface area contributed by atoms with Gasteiger partial charge in [0, 0.05) is 24.7 Å². The zero-order valence-corrected chi connectivity index (χ0v) is 8.56. The van der Waals surface area contributed by atoms with Crippen molar-refractivity contribution in [2.24, 2.45) is 0 Å². The van der Waals surface area contributed by atoms with Gasteiger partial charge in [0.25, 0.3) is 5.69 Å². The van der Waals surface area contributed by atoms with Gasteiger partial charge in [-0.05, 0) is 12.5 Å². The van der Waals surface area contributed by atoms with E-state index in [2.05, 4.69) is 5.32 Å². The van der Waals surface area contributed by atoms with E-state index in [1.165, 1.54) is 6.07 Å². The van der Waals surface area contributed by atoms with Crippen LogP contribution in [0.3, 0.4) is 0 Å². The Morgan fingerprint density at radius 1 is 1.53 bits per heavy atom. The third-order valence-corrected chi connectivity index (χ3v) is 2.22. The Morgan fingerprint density at radius 2 is 2.27 bits per heavy atom. The lowest BCUT2D eigenvalue weighted by Gasteiger charge is -2.06. The van der Waals surface area contributed by atoms with Crippen molar-refractivity contribution in [2.45, 2.75) is 13.5 Å². The third kappa shape index (κ3) is 3.00. The summed E-state index contributed by atoms with van der Waals surface area (Å²) in [7, 11) is 0. The van der Waals surface area contributed by atoms with Crippen LogP contribution in [-0.4, -0.2) is 23.2 Å². The average Bonchev–Trinajstić information content (AvgIpc) is 2.20. The van der Waals surface area contributed by atoms with Crippen molar-refractivity contribution in [2.75, 3.05) is 13.2 Å². The summed E-state index contributed by atoms with van der Waals surface area (Å²) in [5.74, 6) is 0. The van der Waals surface area contributed by atoms with Crippen molar-refractivity contribution in [3.8, 4) is 0 Å². The molecular weight excluding hydrogens is 196 g/mol. The van der Waals surface area contributed by atoms with E-state index >= 15 is 0 Å². The quantitative estimate of drug-likeness (QED) is 0.431. The topological polar surface area (TPSA) is 75.4 Å². The van der Waals surface area contributed by atoms with Crippen LogP contribution in [0.1, 0.15) is 11.1 Å². The predicted octanol–water partition coefficient (Wildman–Crippen LogP) is 0.985. The minimum absolute atomic E-state index is 0.0635. The normalized spacial score (nSPS) is 10.3. The smallest absolute Gasteiger partial charge is 0.272 e. The maximum absolute atomic E-state index is 10.6. The molecule has 1 aromatic rings. The van der Waals surface area contributed by atoms with Crippen molar-refractivity contribution in [1.82, 2.24) is 5.32 Å². The van der Waals surface area contributed by atoms with Gasteiger partial charge in [-0.2, -0.15) is 0 Å². The molecule has 0 radical (unpaired) electrons. The molecule has 1 aromatic carbocycles. The number of nitrogens with zero attached hydrogens (tertiary/aromatic N) is 1. The van der Waals surface area contributed by atoms with E-state index in [1.54, 1.807) is 13.0 Å². The molecule has 0 unspecified atom stereocenters. The van der Waals surface area contributed by atoms with Gasteiger partial charge in [0.2, 0.25) is 0 Å². The number of nitrogens with one attached hydrogen (secondary N) is 1. The zero-order chi connectivity index (χ0) is 11.3. The zero-order valence-electron chi connectivity index (χ0n) is 8.56. The number of hydrogen-bond acceptors (Lipinski definition) is 4. The first-order valence-corrected chi connectivity index (χ1v) is 4.71. The van der Waals surface area contributed by atoms with Crippen molar-refractivity contribution in [3.63, 3.8) is 0 Å². The number of hydrogen-bond donors (Lipinski definition) is 2. The molecule has 0 fully saturated rings. The highest BCUT2D eigenvalue weighted by Gasteiger charge is 2.12. The molecule has 0 aliphatic heterocycles. The Balaban J connectivity index is 2.80. The third-order valence-electron chi connectivity index (χ3n) is 2.22. The Morgan fingerprint density at radius 3 is 2.87 bits per heavy atom. The van der Waals surface area contributed by atoms with Gasteiger partial charge in [0.05, 0.1) is 11.5 Å². The highest BCUT2D eigenvalue weighted by molar-refractivity contribution is 5.44. The van der Waals surface area contributed by atoms with Gasteiger partial charge in [-0.15, -0.1) is 0 Å². The molecule has 0 aliphatic rings. The summed E-state index contributed by atoms with van der Waals surface area (Å²) in [6.45, 7) is 2.82. The number of benzene rings is 1.